The van der Waals surface area contributed by atoms with Gasteiger partial charge in [0.1, 0.15) is 23.3 Å². The largest absolute Gasteiger partial charge is 0.379 e. The minimum Gasteiger partial charge on any atom is -0.379 e. The number of amides is 3. The molecule has 9 atom stereocenters. The summed E-state index contributed by atoms with van der Waals surface area (Å²) in [7, 11) is 6.42. The van der Waals surface area contributed by atoms with Crippen LogP contribution in [0.25, 0.3) is 0 Å². The van der Waals surface area contributed by atoms with Gasteiger partial charge in [-0.25, -0.2) is 4.98 Å². The summed E-state index contributed by atoms with van der Waals surface area (Å²) in [4.78, 5) is 46.5. The van der Waals surface area contributed by atoms with Crippen molar-refractivity contribution < 1.29 is 33.3 Å². The van der Waals surface area contributed by atoms with E-state index < -0.39 is 30.5 Å². The second-order valence-corrected chi connectivity index (χ2v) is 13.7. The van der Waals surface area contributed by atoms with Gasteiger partial charge in [-0.3, -0.25) is 14.4 Å². The van der Waals surface area contributed by atoms with E-state index in [1.54, 1.807) is 25.3 Å². The van der Waals surface area contributed by atoms with Crippen LogP contribution >= 0.6 is 11.3 Å². The van der Waals surface area contributed by atoms with Crippen molar-refractivity contribution in [2.75, 3.05) is 34.9 Å². The molecule has 47 heavy (non-hydrogen) atoms. The normalized spacial score (nSPS) is 22.7. The monoisotopic (exact) mass is 674 g/mol. The van der Waals surface area contributed by atoms with Gasteiger partial charge in [-0.1, -0.05) is 71.4 Å². The van der Waals surface area contributed by atoms with Crippen LogP contribution in [0.15, 0.2) is 41.9 Å². The van der Waals surface area contributed by atoms with Crippen LogP contribution in [0.4, 0.5) is 0 Å². The molecule has 1 aliphatic heterocycles. The third kappa shape index (κ3) is 10.1. The van der Waals surface area contributed by atoms with E-state index in [0.717, 1.165) is 17.0 Å². The van der Waals surface area contributed by atoms with Gasteiger partial charge in [-0.05, 0) is 23.8 Å². The van der Waals surface area contributed by atoms with Crippen molar-refractivity contribution in [1.82, 2.24) is 20.5 Å². The Morgan fingerprint density at radius 2 is 1.72 bits per heavy atom. The predicted octanol–water partition coefficient (Wildman–Crippen LogP) is 4.03. The first-order valence-corrected chi connectivity index (χ1v) is 17.4. The van der Waals surface area contributed by atoms with E-state index in [2.05, 4.69) is 29.5 Å². The number of hydrogen-bond acceptors (Lipinski definition) is 9. The second-order valence-electron chi connectivity index (χ2n) is 12.8. The Labute approximate surface area is 284 Å². The first kappa shape index (κ1) is 38.5. The van der Waals surface area contributed by atoms with Crippen LogP contribution in [0.2, 0.25) is 0 Å². The van der Waals surface area contributed by atoms with Gasteiger partial charge in [-0.2, -0.15) is 0 Å². The zero-order valence-corrected chi connectivity index (χ0v) is 30.1. The topological polar surface area (TPSA) is 128 Å². The summed E-state index contributed by atoms with van der Waals surface area (Å²) in [6.45, 7) is 10.2. The van der Waals surface area contributed by atoms with Gasteiger partial charge in [0.25, 0.3) is 5.91 Å². The molecule has 2 heterocycles. The molecule has 3 amide bonds. The molecule has 3 rings (SSSR count). The van der Waals surface area contributed by atoms with Crippen molar-refractivity contribution in [3.63, 3.8) is 0 Å². The summed E-state index contributed by atoms with van der Waals surface area (Å²) in [5.74, 6) is -0.425. The van der Waals surface area contributed by atoms with Crippen molar-refractivity contribution in [2.45, 2.75) is 96.5 Å². The fraction of sp³-hybridized carbons (Fsp3) is 0.657. The molecule has 1 aromatic heterocycles. The maximum atomic E-state index is 13.7. The minimum atomic E-state index is -0.964. The minimum absolute atomic E-state index is 0.0332. The van der Waals surface area contributed by atoms with E-state index >= 15 is 0 Å². The number of hydrogen-bond donors (Lipinski definition) is 2. The molecule has 1 unspecified atom stereocenters. The highest BCUT2D eigenvalue weighted by Crippen LogP contribution is 2.29. The number of ether oxygens (including phenoxy) is 4. The zero-order chi connectivity index (χ0) is 34.7. The van der Waals surface area contributed by atoms with E-state index in [1.165, 1.54) is 25.6 Å². The van der Waals surface area contributed by atoms with Crippen LogP contribution in [0.1, 0.15) is 64.1 Å². The number of carbonyl (C=O) groups is 3. The van der Waals surface area contributed by atoms with Crippen LogP contribution < -0.4 is 10.6 Å². The van der Waals surface area contributed by atoms with Crippen LogP contribution in [0.5, 0.6) is 0 Å². The molecule has 0 aliphatic carbocycles. The van der Waals surface area contributed by atoms with E-state index in [0.29, 0.717) is 6.42 Å². The number of benzene rings is 1. The third-order valence-electron chi connectivity index (χ3n) is 9.44. The Morgan fingerprint density at radius 3 is 2.28 bits per heavy atom. The zero-order valence-electron chi connectivity index (χ0n) is 29.3. The molecule has 262 valence electrons. The Hall–Kier alpha value is -2.90. The fourth-order valence-electron chi connectivity index (χ4n) is 6.16. The maximum Gasteiger partial charge on any atom is 0.252 e. The Kier molecular flexibility index (Phi) is 15.2. The lowest BCUT2D eigenvalue weighted by Gasteiger charge is -2.39. The highest BCUT2D eigenvalue weighted by Gasteiger charge is 2.49. The van der Waals surface area contributed by atoms with Crippen molar-refractivity contribution in [2.24, 2.45) is 17.8 Å². The maximum absolute atomic E-state index is 13.7. The van der Waals surface area contributed by atoms with Crippen molar-refractivity contribution in [1.29, 1.82) is 0 Å². The number of likely N-dealkylation sites (N-methyl/N-ethyl adjacent to an activating group) is 1. The van der Waals surface area contributed by atoms with Gasteiger partial charge >= 0.3 is 0 Å². The number of aromatic nitrogens is 1. The number of nitrogens with one attached hydrogen (secondary N) is 2. The van der Waals surface area contributed by atoms with Crippen LogP contribution in [0.3, 0.4) is 0 Å². The molecule has 1 fully saturated rings. The highest BCUT2D eigenvalue weighted by atomic mass is 32.1. The van der Waals surface area contributed by atoms with Crippen molar-refractivity contribution in [3.05, 3.63) is 52.5 Å². The SMILES string of the molecule is CC[C@H](C)C([C@H](CC(=O)NC[C@H]1O[C@H](C(=O)N[C@@H](Cc2ccccc2)c2nccs2)[C@@H](OC)[C@@H]1OC)OC)N(C)C(=O)[C@@H](C)C(C)C. The molecule has 0 spiro atoms. The molecule has 1 aromatic carbocycles. The Morgan fingerprint density at radius 1 is 1.04 bits per heavy atom. The van der Waals surface area contributed by atoms with E-state index in [9.17, 15) is 14.4 Å². The molecular formula is C35H54N4O7S. The van der Waals surface area contributed by atoms with Crippen LogP contribution in [-0.2, 0) is 39.8 Å². The number of carbonyl (C=O) groups excluding carboxylic acids is 3. The smallest absolute Gasteiger partial charge is 0.252 e. The lowest BCUT2D eigenvalue weighted by molar-refractivity contribution is -0.144. The van der Waals surface area contributed by atoms with Gasteiger partial charge in [-0.15, -0.1) is 11.3 Å². The fourth-order valence-corrected chi connectivity index (χ4v) is 6.85. The molecule has 11 nitrogen and oxygen atoms in total. The van der Waals surface area contributed by atoms with Gasteiger partial charge in [0.2, 0.25) is 11.8 Å². The second kappa shape index (κ2) is 18.6. The number of thiazole rings is 1. The molecule has 0 bridgehead atoms. The molecular weight excluding hydrogens is 620 g/mol. The van der Waals surface area contributed by atoms with Gasteiger partial charge in [0.05, 0.1) is 24.6 Å². The van der Waals surface area contributed by atoms with E-state index in [-0.39, 0.29) is 60.5 Å². The standard InChI is InChI=1S/C35H54N4O7S/c1-10-22(4)29(39(6)35(42)23(5)21(2)3)26(43-7)19-28(40)37-20-27-30(44-8)31(45-9)32(46-27)33(41)38-25(34-36-16-17-47-34)18-24-14-12-11-13-15-24/h11-17,21-23,25-27,29-32H,10,18-20H2,1-9H3,(H,37,40)(H,38,41)/t22-,23-,25-,26-,27+,29?,30+,31-,32-/m0/s1. The van der Waals surface area contributed by atoms with Crippen LogP contribution in [0, 0.1) is 17.8 Å². The molecule has 0 saturated carbocycles. The van der Waals surface area contributed by atoms with Crippen molar-refractivity contribution >= 4 is 29.1 Å². The Bertz CT molecular complexity index is 1250. The van der Waals surface area contributed by atoms with E-state index in [1.807, 2.05) is 56.5 Å². The summed E-state index contributed by atoms with van der Waals surface area (Å²) in [6.07, 6.45) is -0.261. The molecule has 1 aliphatic rings. The summed E-state index contributed by atoms with van der Waals surface area (Å²) in [5.41, 5.74) is 1.06. The first-order chi connectivity index (χ1) is 22.5. The quantitative estimate of drug-likeness (QED) is 0.243. The molecule has 12 heteroatoms. The number of nitrogens with zero attached hydrogens (tertiary/aromatic N) is 2. The van der Waals surface area contributed by atoms with Gasteiger partial charge < -0.3 is 34.5 Å². The molecule has 0 radical (unpaired) electrons. The molecule has 2 aromatic rings. The average Bonchev–Trinajstić information content (AvgIpc) is 3.74. The average molecular weight is 675 g/mol. The molecule has 1 saturated heterocycles. The predicted molar refractivity (Wildman–Crippen MR) is 182 cm³/mol. The van der Waals surface area contributed by atoms with Crippen molar-refractivity contribution in [3.8, 4) is 0 Å². The highest BCUT2D eigenvalue weighted by molar-refractivity contribution is 7.09. The number of methoxy groups -OCH3 is 3. The van der Waals surface area contributed by atoms with E-state index in [4.69, 9.17) is 18.9 Å². The Balaban J connectivity index is 1.68. The summed E-state index contributed by atoms with van der Waals surface area (Å²) < 4.78 is 23.5. The lowest BCUT2D eigenvalue weighted by atomic mass is 9.89. The van der Waals surface area contributed by atoms with Gasteiger partial charge in [0, 0.05) is 52.4 Å². The summed E-state index contributed by atoms with van der Waals surface area (Å²) >= 11 is 1.47. The third-order valence-corrected chi connectivity index (χ3v) is 10.3. The first-order valence-electron chi connectivity index (χ1n) is 16.5. The number of rotatable bonds is 18. The lowest BCUT2D eigenvalue weighted by Crippen LogP contribution is -2.52. The summed E-state index contributed by atoms with van der Waals surface area (Å²) in [5, 5.41) is 8.73. The van der Waals surface area contributed by atoms with Crippen LogP contribution in [-0.4, -0.2) is 99.1 Å². The summed E-state index contributed by atoms with van der Waals surface area (Å²) in [6, 6.07) is 9.26. The molecule has 2 N–H and O–H groups in total. The van der Waals surface area contributed by atoms with Gasteiger partial charge in [0.15, 0.2) is 6.10 Å².